The first-order valence-corrected chi connectivity index (χ1v) is 7.29. The molecule has 2 N–H and O–H groups in total. The highest BCUT2D eigenvalue weighted by atomic mass is 79.9. The normalized spacial score (nSPS) is 21.9. The van der Waals surface area contributed by atoms with Gasteiger partial charge in [0.1, 0.15) is 0 Å². The number of carbonyl (C=O) groups excluding carboxylic acids is 1. The van der Waals surface area contributed by atoms with E-state index in [0.717, 1.165) is 4.47 Å². The van der Waals surface area contributed by atoms with E-state index in [-0.39, 0.29) is 18.5 Å². The molecule has 1 aliphatic rings. The van der Waals surface area contributed by atoms with Gasteiger partial charge < -0.3 is 15.3 Å². The molecule has 0 spiro atoms. The van der Waals surface area contributed by atoms with Gasteiger partial charge in [-0.3, -0.25) is 4.79 Å². The average Bonchev–Trinajstić information content (AvgIpc) is 2.76. The molecule has 1 aromatic carbocycles. The van der Waals surface area contributed by atoms with Crippen molar-refractivity contribution in [3.63, 3.8) is 0 Å². The summed E-state index contributed by atoms with van der Waals surface area (Å²) in [4.78, 5) is 24.7. The van der Waals surface area contributed by atoms with Gasteiger partial charge in [0.25, 0.3) is 0 Å². The van der Waals surface area contributed by atoms with E-state index in [1.807, 2.05) is 6.92 Å². The van der Waals surface area contributed by atoms with Crippen LogP contribution in [0.2, 0.25) is 5.02 Å². The van der Waals surface area contributed by atoms with Crippen molar-refractivity contribution in [2.24, 2.45) is 11.8 Å². The molecule has 0 bridgehead atoms. The van der Waals surface area contributed by atoms with Crippen molar-refractivity contribution < 1.29 is 14.7 Å². The number of carbonyl (C=O) groups is 2. The molecule has 0 radical (unpaired) electrons. The van der Waals surface area contributed by atoms with Crippen molar-refractivity contribution >= 4 is 45.2 Å². The average molecular weight is 362 g/mol. The van der Waals surface area contributed by atoms with Crippen LogP contribution in [0.1, 0.15) is 6.92 Å². The van der Waals surface area contributed by atoms with Crippen molar-refractivity contribution in [3.8, 4) is 0 Å². The minimum absolute atomic E-state index is 0.0546. The monoisotopic (exact) mass is 360 g/mol. The van der Waals surface area contributed by atoms with E-state index in [9.17, 15) is 9.59 Å². The van der Waals surface area contributed by atoms with Crippen LogP contribution in [0.5, 0.6) is 0 Å². The Morgan fingerprint density at radius 2 is 2.15 bits per heavy atom. The van der Waals surface area contributed by atoms with E-state index in [2.05, 4.69) is 21.2 Å². The minimum atomic E-state index is -0.864. The third-order valence-corrected chi connectivity index (χ3v) is 4.31. The number of hydrogen-bond donors (Lipinski definition) is 2. The first-order chi connectivity index (χ1) is 9.38. The van der Waals surface area contributed by atoms with Gasteiger partial charge in [-0.05, 0) is 40.0 Å². The Morgan fingerprint density at radius 3 is 2.75 bits per heavy atom. The topological polar surface area (TPSA) is 69.6 Å². The quantitative estimate of drug-likeness (QED) is 0.849. The van der Waals surface area contributed by atoms with Crippen molar-refractivity contribution in [2.45, 2.75) is 6.92 Å². The summed E-state index contributed by atoms with van der Waals surface area (Å²) in [6.07, 6.45) is 0. The van der Waals surface area contributed by atoms with Crippen molar-refractivity contribution in [3.05, 3.63) is 27.7 Å². The van der Waals surface area contributed by atoms with Gasteiger partial charge in [0.15, 0.2) is 0 Å². The lowest BCUT2D eigenvalue weighted by Crippen LogP contribution is -2.33. The fourth-order valence-electron chi connectivity index (χ4n) is 2.24. The summed E-state index contributed by atoms with van der Waals surface area (Å²) in [5.74, 6) is -1.43. The van der Waals surface area contributed by atoms with Gasteiger partial charge in [-0.15, -0.1) is 0 Å². The number of carboxylic acids is 1. The number of hydrogen-bond acceptors (Lipinski definition) is 2. The first kappa shape index (κ1) is 15.1. The summed E-state index contributed by atoms with van der Waals surface area (Å²) in [6.45, 7) is 2.49. The van der Waals surface area contributed by atoms with Crippen LogP contribution in [0.15, 0.2) is 22.7 Å². The summed E-state index contributed by atoms with van der Waals surface area (Å²) in [6, 6.07) is 4.77. The zero-order chi connectivity index (χ0) is 14.9. The molecule has 5 nitrogen and oxygen atoms in total. The molecule has 1 saturated heterocycles. The van der Waals surface area contributed by atoms with Crippen molar-refractivity contribution in [1.29, 1.82) is 0 Å². The molecular weight excluding hydrogens is 348 g/mol. The van der Waals surface area contributed by atoms with E-state index in [1.54, 1.807) is 18.2 Å². The predicted molar refractivity (Wildman–Crippen MR) is 80.0 cm³/mol. The third-order valence-electron chi connectivity index (χ3n) is 3.39. The molecule has 2 unspecified atom stereocenters. The molecule has 0 aliphatic carbocycles. The molecule has 1 aromatic rings. The highest BCUT2D eigenvalue weighted by Crippen LogP contribution is 2.28. The van der Waals surface area contributed by atoms with Crippen LogP contribution >= 0.6 is 27.5 Å². The van der Waals surface area contributed by atoms with Crippen LogP contribution in [-0.4, -0.2) is 35.1 Å². The number of nitrogens with one attached hydrogen (secondary N) is 1. The van der Waals surface area contributed by atoms with Gasteiger partial charge in [-0.2, -0.15) is 0 Å². The molecule has 20 heavy (non-hydrogen) atoms. The van der Waals surface area contributed by atoms with Gasteiger partial charge in [-0.25, -0.2) is 4.79 Å². The number of likely N-dealkylation sites (tertiary alicyclic amines) is 1. The van der Waals surface area contributed by atoms with E-state index in [4.69, 9.17) is 16.7 Å². The first-order valence-electron chi connectivity index (χ1n) is 6.12. The van der Waals surface area contributed by atoms with Crippen molar-refractivity contribution in [1.82, 2.24) is 4.90 Å². The molecule has 0 aromatic heterocycles. The summed E-state index contributed by atoms with van der Waals surface area (Å²) >= 11 is 9.21. The van der Waals surface area contributed by atoms with E-state index >= 15 is 0 Å². The molecule has 108 valence electrons. The molecule has 1 aliphatic heterocycles. The van der Waals surface area contributed by atoms with Gasteiger partial charge in [0.2, 0.25) is 0 Å². The van der Waals surface area contributed by atoms with Gasteiger partial charge in [0, 0.05) is 22.6 Å². The number of urea groups is 1. The summed E-state index contributed by atoms with van der Waals surface area (Å²) in [5.41, 5.74) is 0.564. The number of anilines is 1. The summed E-state index contributed by atoms with van der Waals surface area (Å²) < 4.78 is 0.720. The van der Waals surface area contributed by atoms with Gasteiger partial charge in [0.05, 0.1) is 11.6 Å². The van der Waals surface area contributed by atoms with Gasteiger partial charge >= 0.3 is 12.0 Å². The van der Waals surface area contributed by atoms with E-state index in [0.29, 0.717) is 17.3 Å². The maximum absolute atomic E-state index is 12.1. The Balaban J connectivity index is 2.06. The zero-order valence-electron chi connectivity index (χ0n) is 10.8. The molecule has 1 fully saturated rings. The zero-order valence-corrected chi connectivity index (χ0v) is 13.1. The van der Waals surface area contributed by atoms with Crippen LogP contribution in [0.25, 0.3) is 0 Å². The Morgan fingerprint density at radius 1 is 1.45 bits per heavy atom. The Labute approximate surface area is 130 Å². The Kier molecular flexibility index (Phi) is 4.55. The Hall–Kier alpha value is -1.27. The maximum Gasteiger partial charge on any atom is 0.321 e. The maximum atomic E-state index is 12.1. The summed E-state index contributed by atoms with van der Waals surface area (Å²) in [7, 11) is 0. The molecule has 1 heterocycles. The highest BCUT2D eigenvalue weighted by Gasteiger charge is 2.37. The third kappa shape index (κ3) is 3.24. The summed E-state index contributed by atoms with van der Waals surface area (Å²) in [5, 5.41) is 12.3. The lowest BCUT2D eigenvalue weighted by Gasteiger charge is -2.17. The number of aliphatic carboxylic acids is 1. The number of carboxylic acid groups (broad SMARTS) is 1. The van der Waals surface area contributed by atoms with Crippen LogP contribution in [-0.2, 0) is 4.79 Å². The number of halogens is 2. The molecular formula is C13H14BrClN2O3. The lowest BCUT2D eigenvalue weighted by atomic mass is 9.99. The van der Waals surface area contributed by atoms with Crippen LogP contribution in [0, 0.1) is 11.8 Å². The fraction of sp³-hybridized carbons (Fsp3) is 0.385. The van der Waals surface area contributed by atoms with Crippen molar-refractivity contribution in [2.75, 3.05) is 18.4 Å². The second kappa shape index (κ2) is 6.01. The lowest BCUT2D eigenvalue weighted by molar-refractivity contribution is -0.142. The molecule has 2 amide bonds. The number of amides is 2. The van der Waals surface area contributed by atoms with E-state index < -0.39 is 11.9 Å². The number of benzene rings is 1. The van der Waals surface area contributed by atoms with Crippen LogP contribution < -0.4 is 5.32 Å². The smallest absolute Gasteiger partial charge is 0.321 e. The van der Waals surface area contributed by atoms with Crippen LogP contribution in [0.4, 0.5) is 10.5 Å². The largest absolute Gasteiger partial charge is 0.481 e. The van der Waals surface area contributed by atoms with Crippen LogP contribution in [0.3, 0.4) is 0 Å². The van der Waals surface area contributed by atoms with Gasteiger partial charge in [-0.1, -0.05) is 18.5 Å². The number of rotatable bonds is 2. The predicted octanol–water partition coefficient (Wildman–Crippen LogP) is 3.29. The second-order valence-electron chi connectivity index (χ2n) is 4.88. The SMILES string of the molecule is CC1CN(C(=O)Nc2cc(Cl)ccc2Br)CC1C(=O)O. The van der Waals surface area contributed by atoms with E-state index in [1.165, 1.54) is 4.90 Å². The molecule has 7 heteroatoms. The minimum Gasteiger partial charge on any atom is -0.481 e. The standard InChI is InChI=1S/C13H14BrClN2O3/c1-7-5-17(6-9(7)12(18)19)13(20)16-11-4-8(15)2-3-10(11)14/h2-4,7,9H,5-6H2,1H3,(H,16,20)(H,18,19). The molecule has 0 saturated carbocycles. The Bertz CT molecular complexity index is 552. The highest BCUT2D eigenvalue weighted by molar-refractivity contribution is 9.10. The fourth-order valence-corrected chi connectivity index (χ4v) is 2.76. The number of nitrogens with zero attached hydrogens (tertiary/aromatic N) is 1. The molecule has 2 rings (SSSR count). The second-order valence-corrected chi connectivity index (χ2v) is 6.17. The molecule has 2 atom stereocenters.